The highest BCUT2D eigenvalue weighted by atomic mass is 79.9. The number of likely N-dealkylation sites (tertiary alicyclic amines) is 1. The summed E-state index contributed by atoms with van der Waals surface area (Å²) in [5.74, 6) is -0.419. The van der Waals surface area contributed by atoms with Crippen molar-refractivity contribution in [3.8, 4) is 0 Å². The molecule has 2 heterocycles. The molecule has 1 fully saturated rings. The van der Waals surface area contributed by atoms with Gasteiger partial charge in [0.2, 0.25) is 0 Å². The van der Waals surface area contributed by atoms with Gasteiger partial charge < -0.3 is 9.64 Å². The molecule has 0 radical (unpaired) electrons. The van der Waals surface area contributed by atoms with Crippen molar-refractivity contribution in [2.45, 2.75) is 45.1 Å². The number of aromatic nitrogens is 1. The first-order valence-corrected chi connectivity index (χ1v) is 7.85. The molecule has 1 aliphatic heterocycles. The molecule has 116 valence electrons. The Kier molecular flexibility index (Phi) is 4.86. The standard InChI is InChI=1S/C15H20BrFN2O2/c1-15(2,3)21-14(20)19-8-4-5-10(9-19)13-11(17)6-7-12(16)18-13/h6-7,10H,4-5,8-9H2,1-3H3. The fraction of sp³-hybridized carbons (Fsp3) is 0.600. The van der Waals surface area contributed by atoms with Crippen molar-refractivity contribution >= 4 is 22.0 Å². The number of rotatable bonds is 1. The van der Waals surface area contributed by atoms with E-state index in [0.717, 1.165) is 12.8 Å². The van der Waals surface area contributed by atoms with Gasteiger partial charge in [0, 0.05) is 19.0 Å². The fourth-order valence-corrected chi connectivity index (χ4v) is 2.74. The zero-order chi connectivity index (χ0) is 15.6. The first-order chi connectivity index (χ1) is 9.76. The maximum absolute atomic E-state index is 13.9. The van der Waals surface area contributed by atoms with E-state index in [1.165, 1.54) is 6.07 Å². The lowest BCUT2D eigenvalue weighted by Gasteiger charge is -2.34. The van der Waals surface area contributed by atoms with Crippen LogP contribution in [0.25, 0.3) is 0 Å². The van der Waals surface area contributed by atoms with Crippen molar-refractivity contribution in [3.05, 3.63) is 28.2 Å². The lowest BCUT2D eigenvalue weighted by atomic mass is 9.94. The third-order valence-electron chi connectivity index (χ3n) is 3.30. The monoisotopic (exact) mass is 358 g/mol. The molecule has 0 bridgehead atoms. The maximum atomic E-state index is 13.9. The second kappa shape index (κ2) is 6.30. The molecule has 4 nitrogen and oxygen atoms in total. The van der Waals surface area contributed by atoms with E-state index in [0.29, 0.717) is 23.4 Å². The van der Waals surface area contributed by atoms with Crippen molar-refractivity contribution in [1.82, 2.24) is 9.88 Å². The molecular formula is C15H20BrFN2O2. The third kappa shape index (κ3) is 4.40. The van der Waals surface area contributed by atoms with Gasteiger partial charge in [0.15, 0.2) is 0 Å². The Morgan fingerprint density at radius 1 is 1.48 bits per heavy atom. The van der Waals surface area contributed by atoms with Crippen molar-refractivity contribution < 1.29 is 13.9 Å². The molecule has 0 aliphatic carbocycles. The Hall–Kier alpha value is -1.17. The average molecular weight is 359 g/mol. The summed E-state index contributed by atoms with van der Waals surface area (Å²) in [6.07, 6.45) is 1.29. The molecule has 1 aliphatic rings. The zero-order valence-electron chi connectivity index (χ0n) is 12.5. The highest BCUT2D eigenvalue weighted by molar-refractivity contribution is 9.10. The van der Waals surface area contributed by atoms with Crippen molar-refractivity contribution in [1.29, 1.82) is 0 Å². The summed E-state index contributed by atoms with van der Waals surface area (Å²) >= 11 is 3.26. The predicted molar refractivity (Wildman–Crippen MR) is 81.7 cm³/mol. The van der Waals surface area contributed by atoms with Crippen LogP contribution in [0.1, 0.15) is 45.2 Å². The number of carbonyl (C=O) groups excluding carboxylic acids is 1. The minimum atomic E-state index is -0.525. The van der Waals surface area contributed by atoms with Gasteiger partial charge in [0.1, 0.15) is 16.0 Å². The zero-order valence-corrected chi connectivity index (χ0v) is 14.1. The largest absolute Gasteiger partial charge is 0.444 e. The Bertz CT molecular complexity index is 531. The van der Waals surface area contributed by atoms with Crippen LogP contribution in [0.15, 0.2) is 16.7 Å². The van der Waals surface area contributed by atoms with E-state index in [1.54, 1.807) is 11.0 Å². The molecule has 2 rings (SSSR count). The van der Waals surface area contributed by atoms with Crippen LogP contribution < -0.4 is 0 Å². The lowest BCUT2D eigenvalue weighted by molar-refractivity contribution is 0.0196. The minimum Gasteiger partial charge on any atom is -0.444 e. The van der Waals surface area contributed by atoms with Crippen molar-refractivity contribution in [3.63, 3.8) is 0 Å². The van der Waals surface area contributed by atoms with Crippen LogP contribution in [0, 0.1) is 5.82 Å². The predicted octanol–water partition coefficient (Wildman–Crippen LogP) is 4.10. The summed E-state index contributed by atoms with van der Waals surface area (Å²) in [5, 5.41) is 0. The van der Waals surface area contributed by atoms with Gasteiger partial charge in [-0.1, -0.05) is 0 Å². The Labute approximate surface area is 132 Å². The Balaban J connectivity index is 2.10. The number of amides is 1. The van der Waals surface area contributed by atoms with E-state index in [1.807, 2.05) is 20.8 Å². The molecule has 1 aromatic heterocycles. The average Bonchev–Trinajstić information content (AvgIpc) is 2.40. The van der Waals surface area contributed by atoms with Gasteiger partial charge in [-0.2, -0.15) is 0 Å². The summed E-state index contributed by atoms with van der Waals surface area (Å²) < 4.78 is 19.9. The third-order valence-corrected chi connectivity index (χ3v) is 3.74. The van der Waals surface area contributed by atoms with E-state index < -0.39 is 5.60 Å². The number of pyridine rings is 1. The second-order valence-corrected chi connectivity index (χ2v) is 7.08. The molecule has 0 spiro atoms. The summed E-state index contributed by atoms with van der Waals surface area (Å²) in [4.78, 5) is 18.0. The van der Waals surface area contributed by atoms with Crippen LogP contribution in [0.5, 0.6) is 0 Å². The highest BCUT2D eigenvalue weighted by Crippen LogP contribution is 2.29. The molecule has 1 aromatic rings. The Morgan fingerprint density at radius 2 is 2.19 bits per heavy atom. The first kappa shape index (κ1) is 16.2. The van der Waals surface area contributed by atoms with E-state index >= 15 is 0 Å². The van der Waals surface area contributed by atoms with Crippen molar-refractivity contribution in [2.75, 3.05) is 13.1 Å². The van der Waals surface area contributed by atoms with Gasteiger partial charge in [-0.15, -0.1) is 0 Å². The number of hydrogen-bond acceptors (Lipinski definition) is 3. The van der Waals surface area contributed by atoms with Gasteiger partial charge in [0.25, 0.3) is 0 Å². The molecule has 0 saturated carbocycles. The number of hydrogen-bond donors (Lipinski definition) is 0. The topological polar surface area (TPSA) is 42.4 Å². The normalized spacial score (nSPS) is 19.5. The number of halogens is 2. The SMILES string of the molecule is CC(C)(C)OC(=O)N1CCCC(c2nc(Br)ccc2F)C1. The molecular weight excluding hydrogens is 339 g/mol. The molecule has 0 N–H and O–H groups in total. The second-order valence-electron chi connectivity index (χ2n) is 6.27. The molecule has 1 atom stereocenters. The highest BCUT2D eigenvalue weighted by Gasteiger charge is 2.30. The minimum absolute atomic E-state index is 0.0937. The molecule has 1 amide bonds. The van der Waals surface area contributed by atoms with E-state index in [9.17, 15) is 9.18 Å². The van der Waals surface area contributed by atoms with Gasteiger partial charge >= 0.3 is 6.09 Å². The number of piperidine rings is 1. The molecule has 1 unspecified atom stereocenters. The van der Waals surface area contributed by atoms with Gasteiger partial charge in [-0.05, 0) is 61.7 Å². The van der Waals surface area contributed by atoms with Crippen LogP contribution in [0.4, 0.5) is 9.18 Å². The summed E-state index contributed by atoms with van der Waals surface area (Å²) in [5.41, 5.74) is -0.110. The summed E-state index contributed by atoms with van der Waals surface area (Å²) in [6, 6.07) is 2.98. The van der Waals surface area contributed by atoms with Crippen LogP contribution in [-0.4, -0.2) is 34.7 Å². The molecule has 1 saturated heterocycles. The van der Waals surface area contributed by atoms with E-state index in [2.05, 4.69) is 20.9 Å². The maximum Gasteiger partial charge on any atom is 0.410 e. The quantitative estimate of drug-likeness (QED) is 0.709. The van der Waals surface area contributed by atoms with Crippen LogP contribution in [0.2, 0.25) is 0 Å². The van der Waals surface area contributed by atoms with E-state index in [-0.39, 0.29) is 17.8 Å². The first-order valence-electron chi connectivity index (χ1n) is 7.06. The van der Waals surface area contributed by atoms with Gasteiger partial charge in [0.05, 0.1) is 5.69 Å². The van der Waals surface area contributed by atoms with Crippen molar-refractivity contribution in [2.24, 2.45) is 0 Å². The Morgan fingerprint density at radius 3 is 2.86 bits per heavy atom. The molecule has 21 heavy (non-hydrogen) atoms. The summed E-state index contributed by atoms with van der Waals surface area (Å²) in [7, 11) is 0. The number of carbonyl (C=O) groups is 1. The number of ether oxygens (including phenoxy) is 1. The lowest BCUT2D eigenvalue weighted by Crippen LogP contribution is -2.42. The van der Waals surface area contributed by atoms with E-state index in [4.69, 9.17) is 4.74 Å². The number of nitrogens with zero attached hydrogens (tertiary/aromatic N) is 2. The molecule has 0 aromatic carbocycles. The van der Waals surface area contributed by atoms with Gasteiger partial charge in [-0.3, -0.25) is 0 Å². The fourth-order valence-electron chi connectivity index (χ4n) is 2.41. The van der Waals surface area contributed by atoms with Crippen LogP contribution in [-0.2, 0) is 4.74 Å². The summed E-state index contributed by atoms with van der Waals surface area (Å²) in [6.45, 7) is 6.59. The smallest absolute Gasteiger partial charge is 0.410 e. The molecule has 6 heteroatoms. The van der Waals surface area contributed by atoms with Crippen LogP contribution in [0.3, 0.4) is 0 Å². The van der Waals surface area contributed by atoms with Gasteiger partial charge in [-0.25, -0.2) is 14.2 Å². The van der Waals surface area contributed by atoms with Crippen LogP contribution >= 0.6 is 15.9 Å².